The smallest absolute Gasteiger partial charge is 0.343 e. The van der Waals surface area contributed by atoms with Gasteiger partial charge in [-0.25, -0.2) is 15.0 Å². The minimum atomic E-state index is -1.05. The third-order valence-electron chi connectivity index (χ3n) is 6.17. The average molecular weight is 595 g/mol. The zero-order valence-corrected chi connectivity index (χ0v) is 23.4. The molecule has 2 aromatic carbocycles. The number of ether oxygens (including phenoxy) is 3. The number of carbonyl (C=O) groups excluding carboxylic acids is 4. The number of non-ortho nitro benzene ring substituents is 1. The van der Waals surface area contributed by atoms with Crippen LogP contribution < -0.4 is 20.2 Å². The van der Waals surface area contributed by atoms with Gasteiger partial charge in [0.05, 0.1) is 36.0 Å². The molecule has 218 valence electrons. The summed E-state index contributed by atoms with van der Waals surface area (Å²) in [7, 11) is 1.36. The number of anilines is 1. The highest BCUT2D eigenvalue weighted by molar-refractivity contribution is 7.17. The number of nitro benzene ring substituents is 1. The van der Waals surface area contributed by atoms with E-state index in [0.29, 0.717) is 17.5 Å². The van der Waals surface area contributed by atoms with Gasteiger partial charge < -0.3 is 19.5 Å². The van der Waals surface area contributed by atoms with Crippen LogP contribution in [0.1, 0.15) is 56.5 Å². The Hall–Kier alpha value is -5.11. The van der Waals surface area contributed by atoms with Gasteiger partial charge in [0.2, 0.25) is 0 Å². The van der Waals surface area contributed by atoms with Gasteiger partial charge in [0, 0.05) is 17.0 Å². The van der Waals surface area contributed by atoms with E-state index in [4.69, 9.17) is 14.2 Å². The lowest BCUT2D eigenvalue weighted by molar-refractivity contribution is -0.384. The summed E-state index contributed by atoms with van der Waals surface area (Å²) in [6.07, 6.45) is 4.64. The number of fused-ring (bicyclic) bond motifs is 1. The molecule has 42 heavy (non-hydrogen) atoms. The minimum absolute atomic E-state index is 0.0810. The van der Waals surface area contributed by atoms with E-state index in [1.807, 2.05) is 0 Å². The molecule has 0 saturated carbocycles. The first-order valence-electron chi connectivity index (χ1n) is 12.8. The molecule has 4 rings (SSSR count). The number of nitro groups is 1. The number of nitrogens with zero attached hydrogens (tertiary/aromatic N) is 2. The van der Waals surface area contributed by atoms with Crippen molar-refractivity contribution in [3.05, 3.63) is 79.7 Å². The average Bonchev–Trinajstić information content (AvgIpc) is 3.35. The summed E-state index contributed by atoms with van der Waals surface area (Å²) < 4.78 is 15.8. The Morgan fingerprint density at radius 2 is 1.76 bits per heavy atom. The third kappa shape index (κ3) is 6.96. The number of amides is 2. The molecular formula is C28H26N4O9S. The van der Waals surface area contributed by atoms with Crippen molar-refractivity contribution in [2.24, 2.45) is 5.10 Å². The Morgan fingerprint density at radius 1 is 1.02 bits per heavy atom. The van der Waals surface area contributed by atoms with Crippen molar-refractivity contribution in [2.75, 3.05) is 19.0 Å². The van der Waals surface area contributed by atoms with Crippen molar-refractivity contribution in [1.82, 2.24) is 5.43 Å². The molecule has 14 heteroatoms. The fraction of sp³-hybridized carbons (Fsp3) is 0.250. The Kier molecular flexibility index (Phi) is 9.60. The Bertz CT molecular complexity index is 1560. The molecular weight excluding hydrogens is 568 g/mol. The van der Waals surface area contributed by atoms with E-state index in [1.54, 1.807) is 6.92 Å². The minimum Gasteiger partial charge on any atom is -0.493 e. The van der Waals surface area contributed by atoms with Crippen molar-refractivity contribution in [3.8, 4) is 11.5 Å². The van der Waals surface area contributed by atoms with E-state index in [2.05, 4.69) is 15.8 Å². The van der Waals surface area contributed by atoms with Gasteiger partial charge >= 0.3 is 23.8 Å². The summed E-state index contributed by atoms with van der Waals surface area (Å²) in [5.74, 6) is -3.08. The van der Waals surface area contributed by atoms with Crippen LogP contribution in [0.2, 0.25) is 0 Å². The van der Waals surface area contributed by atoms with Gasteiger partial charge in [-0.1, -0.05) is 0 Å². The van der Waals surface area contributed by atoms with Crippen molar-refractivity contribution in [2.45, 2.75) is 32.6 Å². The van der Waals surface area contributed by atoms with Gasteiger partial charge in [0.1, 0.15) is 5.00 Å². The molecule has 1 aliphatic rings. The van der Waals surface area contributed by atoms with Crippen molar-refractivity contribution in [3.63, 3.8) is 0 Å². The zero-order valence-electron chi connectivity index (χ0n) is 22.6. The van der Waals surface area contributed by atoms with Gasteiger partial charge in [0.15, 0.2) is 11.5 Å². The zero-order chi connectivity index (χ0) is 30.2. The Labute approximate surface area is 243 Å². The standard InChI is InChI=1S/C28H26N4O9S/c1-3-40-28(36)23-19-6-4-5-7-22(19)42-26(23)30-24(33)25(34)31-29-15-16-8-13-20(21(14-16)39-2)41-27(35)17-9-11-18(12-10-17)32(37)38/h8-15H,3-7H2,1-2H3,(H,30,33)(H,31,34)/b29-15+. The van der Waals surface area contributed by atoms with Crippen LogP contribution in [0.4, 0.5) is 10.7 Å². The number of aryl methyl sites for hydroxylation is 1. The van der Waals surface area contributed by atoms with Gasteiger partial charge in [-0.2, -0.15) is 5.10 Å². The maximum absolute atomic E-state index is 12.6. The number of thiophene rings is 1. The van der Waals surface area contributed by atoms with E-state index >= 15 is 0 Å². The van der Waals surface area contributed by atoms with Crippen LogP contribution in [0.5, 0.6) is 11.5 Å². The largest absolute Gasteiger partial charge is 0.493 e. The molecule has 2 amide bonds. The highest BCUT2D eigenvalue weighted by Crippen LogP contribution is 2.38. The van der Waals surface area contributed by atoms with E-state index in [9.17, 15) is 29.3 Å². The molecule has 2 N–H and O–H groups in total. The number of methoxy groups -OCH3 is 1. The number of rotatable bonds is 9. The van der Waals surface area contributed by atoms with Crippen molar-refractivity contribution >= 4 is 52.0 Å². The third-order valence-corrected chi connectivity index (χ3v) is 7.38. The number of benzene rings is 2. The van der Waals surface area contributed by atoms with Crippen LogP contribution in [0, 0.1) is 10.1 Å². The number of hydrogen-bond donors (Lipinski definition) is 2. The van der Waals surface area contributed by atoms with Crippen LogP contribution in [-0.4, -0.2) is 48.6 Å². The maximum Gasteiger partial charge on any atom is 0.343 e. The fourth-order valence-electron chi connectivity index (χ4n) is 4.18. The quantitative estimate of drug-likeness (QED) is 0.0925. The van der Waals surface area contributed by atoms with Gasteiger partial charge in [-0.3, -0.25) is 19.7 Å². The monoisotopic (exact) mass is 594 g/mol. The van der Waals surface area contributed by atoms with Gasteiger partial charge in [-0.15, -0.1) is 11.3 Å². The topological polar surface area (TPSA) is 176 Å². The van der Waals surface area contributed by atoms with Crippen LogP contribution >= 0.6 is 11.3 Å². The second-order valence-electron chi connectivity index (χ2n) is 8.89. The van der Waals surface area contributed by atoms with E-state index < -0.39 is 28.7 Å². The molecule has 0 aliphatic heterocycles. The number of hydrazone groups is 1. The summed E-state index contributed by atoms with van der Waals surface area (Å²) in [5, 5.41) is 17.4. The molecule has 0 spiro atoms. The summed E-state index contributed by atoms with van der Waals surface area (Å²) in [6.45, 7) is 1.87. The lowest BCUT2D eigenvalue weighted by Crippen LogP contribution is -2.32. The molecule has 0 fully saturated rings. The van der Waals surface area contributed by atoms with E-state index in [-0.39, 0.29) is 34.4 Å². The molecule has 3 aromatic rings. The molecule has 1 aromatic heterocycles. The molecule has 0 bridgehead atoms. The number of carbonyl (C=O) groups is 4. The van der Waals surface area contributed by atoms with Gasteiger partial charge in [0.25, 0.3) is 5.69 Å². The van der Waals surface area contributed by atoms with Crippen molar-refractivity contribution in [1.29, 1.82) is 0 Å². The maximum atomic E-state index is 12.6. The van der Waals surface area contributed by atoms with Gasteiger partial charge in [-0.05, 0) is 74.1 Å². The molecule has 13 nitrogen and oxygen atoms in total. The van der Waals surface area contributed by atoms with Crippen LogP contribution in [0.15, 0.2) is 47.6 Å². The summed E-state index contributed by atoms with van der Waals surface area (Å²) in [5.41, 5.74) is 3.67. The first-order chi connectivity index (χ1) is 20.2. The van der Waals surface area contributed by atoms with Crippen LogP contribution in [0.25, 0.3) is 0 Å². The molecule has 0 radical (unpaired) electrons. The first kappa shape index (κ1) is 29.9. The Morgan fingerprint density at radius 3 is 2.45 bits per heavy atom. The summed E-state index contributed by atoms with van der Waals surface area (Å²) in [4.78, 5) is 61.2. The second-order valence-corrected chi connectivity index (χ2v) is 10.00. The normalized spacial score (nSPS) is 12.2. The predicted octanol–water partition coefficient (Wildman–Crippen LogP) is 4.03. The SMILES string of the molecule is CCOC(=O)c1c(NC(=O)C(=O)N/N=C/c2ccc(OC(=O)c3ccc([N+](=O)[O-])cc3)c(OC)c2)sc2c1CCCC2. The van der Waals surface area contributed by atoms with E-state index in [1.165, 1.54) is 67.1 Å². The second kappa shape index (κ2) is 13.5. The summed E-state index contributed by atoms with van der Waals surface area (Å²) in [6, 6.07) is 9.38. The first-order valence-corrected chi connectivity index (χ1v) is 13.6. The molecule has 1 aliphatic carbocycles. The molecule has 0 unspecified atom stereocenters. The highest BCUT2D eigenvalue weighted by Gasteiger charge is 2.28. The lowest BCUT2D eigenvalue weighted by atomic mass is 9.95. The summed E-state index contributed by atoms with van der Waals surface area (Å²) >= 11 is 1.26. The van der Waals surface area contributed by atoms with Crippen molar-refractivity contribution < 1.29 is 38.3 Å². The van der Waals surface area contributed by atoms with Crippen LogP contribution in [0.3, 0.4) is 0 Å². The van der Waals surface area contributed by atoms with Crippen LogP contribution in [-0.2, 0) is 27.2 Å². The molecule has 1 heterocycles. The number of esters is 2. The number of hydrogen-bond acceptors (Lipinski definition) is 11. The predicted molar refractivity (Wildman–Crippen MR) is 152 cm³/mol. The lowest BCUT2D eigenvalue weighted by Gasteiger charge is -2.12. The number of nitrogens with one attached hydrogen (secondary N) is 2. The molecule has 0 saturated heterocycles. The van der Waals surface area contributed by atoms with E-state index in [0.717, 1.165) is 29.7 Å². The fourth-order valence-corrected chi connectivity index (χ4v) is 5.45. The Balaban J connectivity index is 1.38. The highest BCUT2D eigenvalue weighted by atomic mass is 32.1. The molecule has 0 atom stereocenters.